The molecule has 2 rings (SSSR count). The summed E-state index contributed by atoms with van der Waals surface area (Å²) in [7, 11) is -3.67. The highest BCUT2D eigenvalue weighted by Crippen LogP contribution is 2.36. The van der Waals surface area contributed by atoms with Crippen LogP contribution < -0.4 is 5.73 Å². The molecule has 0 unspecified atom stereocenters. The Balaban J connectivity index is 2.31. The van der Waals surface area contributed by atoms with Crippen LogP contribution in [0.15, 0.2) is 35.2 Å². The van der Waals surface area contributed by atoms with Crippen LogP contribution in [-0.4, -0.2) is 19.3 Å². The molecule has 0 spiro atoms. The number of anilines is 1. The highest BCUT2D eigenvalue weighted by molar-refractivity contribution is 7.89. The summed E-state index contributed by atoms with van der Waals surface area (Å²) in [6.07, 6.45) is 0. The van der Waals surface area contributed by atoms with Crippen molar-refractivity contribution in [2.75, 3.05) is 12.3 Å². The molecule has 2 N–H and O–H groups in total. The molecule has 114 valence electrons. The largest absolute Gasteiger partial charge is 0.399 e. The quantitative estimate of drug-likeness (QED) is 0.819. The molecule has 0 bridgehead atoms. The zero-order valence-electron chi connectivity index (χ0n) is 11.2. The van der Waals surface area contributed by atoms with Crippen LogP contribution in [-0.2, 0) is 16.6 Å². The average molecular weight is 365 g/mol. The number of sulfonamides is 1. The molecule has 0 aliphatic heterocycles. The fourth-order valence-corrected chi connectivity index (χ4v) is 5.38. The lowest BCUT2D eigenvalue weighted by atomic mass is 10.2. The highest BCUT2D eigenvalue weighted by atomic mass is 35.5. The lowest BCUT2D eigenvalue weighted by Gasteiger charge is -2.20. The molecule has 1 aromatic carbocycles. The third kappa shape index (κ3) is 3.70. The summed E-state index contributed by atoms with van der Waals surface area (Å²) in [5.74, 6) is 0. The van der Waals surface area contributed by atoms with Gasteiger partial charge in [-0.15, -0.1) is 11.3 Å². The standard InChI is InChI=1S/C13H14Cl2N2O2S2/c1-2-17(8-9-3-5-10(16)6-4-9)21(18,19)11-7-12(14)20-13(11)15/h3-7H,2,8,16H2,1H3. The number of hydrogen-bond acceptors (Lipinski definition) is 4. The van der Waals surface area contributed by atoms with E-state index in [1.54, 1.807) is 31.2 Å². The number of nitrogens with two attached hydrogens (primary N) is 1. The Morgan fingerprint density at radius 1 is 1.24 bits per heavy atom. The average Bonchev–Trinajstić information content (AvgIpc) is 2.77. The first-order chi connectivity index (χ1) is 9.84. The number of benzene rings is 1. The molecule has 2 aromatic rings. The van der Waals surface area contributed by atoms with Crippen LogP contribution in [0, 0.1) is 0 Å². The summed E-state index contributed by atoms with van der Waals surface area (Å²) in [5.41, 5.74) is 7.12. The van der Waals surface area contributed by atoms with Crippen LogP contribution in [0.2, 0.25) is 8.67 Å². The fourth-order valence-electron chi connectivity index (χ4n) is 1.83. The first kappa shape index (κ1) is 16.6. The van der Waals surface area contributed by atoms with Gasteiger partial charge in [0.2, 0.25) is 10.0 Å². The van der Waals surface area contributed by atoms with E-state index < -0.39 is 10.0 Å². The maximum Gasteiger partial charge on any atom is 0.245 e. The van der Waals surface area contributed by atoms with Crippen LogP contribution >= 0.6 is 34.5 Å². The molecule has 0 aliphatic carbocycles. The SMILES string of the molecule is CCN(Cc1ccc(N)cc1)S(=O)(=O)c1cc(Cl)sc1Cl. The number of nitrogen functional groups attached to an aromatic ring is 1. The van der Waals surface area contributed by atoms with E-state index in [0.29, 0.717) is 16.6 Å². The van der Waals surface area contributed by atoms with E-state index in [4.69, 9.17) is 28.9 Å². The van der Waals surface area contributed by atoms with Gasteiger partial charge in [-0.05, 0) is 23.8 Å². The van der Waals surface area contributed by atoms with Crippen molar-refractivity contribution in [1.29, 1.82) is 0 Å². The van der Waals surface area contributed by atoms with Crippen molar-refractivity contribution >= 4 is 50.2 Å². The molecule has 0 amide bonds. The summed E-state index contributed by atoms with van der Waals surface area (Å²) in [6.45, 7) is 2.36. The van der Waals surface area contributed by atoms with Crippen LogP contribution in [0.3, 0.4) is 0 Å². The monoisotopic (exact) mass is 364 g/mol. The van der Waals surface area contributed by atoms with Crippen LogP contribution in [0.1, 0.15) is 12.5 Å². The summed E-state index contributed by atoms with van der Waals surface area (Å²) in [5, 5.41) is 0. The maximum atomic E-state index is 12.6. The van der Waals surface area contributed by atoms with E-state index in [1.807, 2.05) is 0 Å². The number of rotatable bonds is 5. The van der Waals surface area contributed by atoms with Gasteiger partial charge in [-0.3, -0.25) is 0 Å². The molecular weight excluding hydrogens is 351 g/mol. The molecule has 1 aromatic heterocycles. The number of hydrogen-bond donors (Lipinski definition) is 1. The van der Waals surface area contributed by atoms with Crippen molar-refractivity contribution in [3.8, 4) is 0 Å². The Labute approximate surface area is 138 Å². The van der Waals surface area contributed by atoms with E-state index in [-0.39, 0.29) is 15.8 Å². The Kier molecular flexibility index (Phi) is 5.16. The summed E-state index contributed by atoms with van der Waals surface area (Å²) < 4.78 is 27.1. The van der Waals surface area contributed by atoms with Gasteiger partial charge < -0.3 is 5.73 Å². The van der Waals surface area contributed by atoms with E-state index in [2.05, 4.69) is 0 Å². The van der Waals surface area contributed by atoms with Gasteiger partial charge in [-0.1, -0.05) is 42.3 Å². The zero-order valence-corrected chi connectivity index (χ0v) is 14.4. The Morgan fingerprint density at radius 2 is 1.86 bits per heavy atom. The highest BCUT2D eigenvalue weighted by Gasteiger charge is 2.27. The number of thiophene rings is 1. The van der Waals surface area contributed by atoms with E-state index >= 15 is 0 Å². The van der Waals surface area contributed by atoms with Gasteiger partial charge in [-0.2, -0.15) is 4.31 Å². The summed E-state index contributed by atoms with van der Waals surface area (Å²) in [6, 6.07) is 8.47. The van der Waals surface area contributed by atoms with Crippen molar-refractivity contribution in [2.24, 2.45) is 0 Å². The van der Waals surface area contributed by atoms with Gasteiger partial charge in [-0.25, -0.2) is 8.42 Å². The molecule has 1 heterocycles. The molecule has 8 heteroatoms. The van der Waals surface area contributed by atoms with Gasteiger partial charge in [0.25, 0.3) is 0 Å². The molecule has 0 saturated heterocycles. The lowest BCUT2D eigenvalue weighted by Crippen LogP contribution is -2.30. The summed E-state index contributed by atoms with van der Waals surface area (Å²) >= 11 is 12.8. The van der Waals surface area contributed by atoms with Crippen LogP contribution in [0.4, 0.5) is 5.69 Å². The topological polar surface area (TPSA) is 63.4 Å². The molecule has 0 atom stereocenters. The van der Waals surface area contributed by atoms with Crippen molar-refractivity contribution in [3.63, 3.8) is 0 Å². The van der Waals surface area contributed by atoms with Crippen LogP contribution in [0.5, 0.6) is 0 Å². The maximum absolute atomic E-state index is 12.6. The van der Waals surface area contributed by atoms with Gasteiger partial charge in [0.05, 0.1) is 4.34 Å². The fraction of sp³-hybridized carbons (Fsp3) is 0.231. The van der Waals surface area contributed by atoms with Gasteiger partial charge in [0, 0.05) is 18.8 Å². The Hall–Kier alpha value is -0.790. The van der Waals surface area contributed by atoms with Crippen molar-refractivity contribution in [1.82, 2.24) is 4.31 Å². The van der Waals surface area contributed by atoms with Crippen molar-refractivity contribution < 1.29 is 8.42 Å². The minimum Gasteiger partial charge on any atom is -0.399 e. The smallest absolute Gasteiger partial charge is 0.245 e. The second-order valence-corrected chi connectivity index (χ2v) is 8.55. The zero-order chi connectivity index (χ0) is 15.6. The first-order valence-electron chi connectivity index (χ1n) is 6.14. The van der Waals surface area contributed by atoms with Gasteiger partial charge in [0.1, 0.15) is 9.23 Å². The van der Waals surface area contributed by atoms with E-state index in [1.165, 1.54) is 10.4 Å². The predicted molar refractivity (Wildman–Crippen MR) is 88.5 cm³/mol. The Bertz CT molecular complexity index is 727. The third-order valence-electron chi connectivity index (χ3n) is 2.93. The predicted octanol–water partition coefficient (Wildman–Crippen LogP) is 3.85. The van der Waals surface area contributed by atoms with E-state index in [0.717, 1.165) is 16.9 Å². The molecule has 0 saturated carbocycles. The number of nitrogens with zero attached hydrogens (tertiary/aromatic N) is 1. The molecule has 4 nitrogen and oxygen atoms in total. The lowest BCUT2D eigenvalue weighted by molar-refractivity contribution is 0.423. The molecule has 0 fully saturated rings. The Morgan fingerprint density at radius 3 is 2.33 bits per heavy atom. The molecule has 0 radical (unpaired) electrons. The van der Waals surface area contributed by atoms with Crippen molar-refractivity contribution in [3.05, 3.63) is 44.6 Å². The van der Waals surface area contributed by atoms with Crippen LogP contribution in [0.25, 0.3) is 0 Å². The van der Waals surface area contributed by atoms with Crippen molar-refractivity contribution in [2.45, 2.75) is 18.4 Å². The third-order valence-corrected chi connectivity index (χ3v) is 6.61. The van der Waals surface area contributed by atoms with Gasteiger partial charge >= 0.3 is 0 Å². The van der Waals surface area contributed by atoms with Gasteiger partial charge in [0.15, 0.2) is 0 Å². The molecule has 21 heavy (non-hydrogen) atoms. The normalized spacial score (nSPS) is 12.0. The van der Waals surface area contributed by atoms with E-state index in [9.17, 15) is 8.42 Å². The first-order valence-corrected chi connectivity index (χ1v) is 9.15. The molecular formula is C13H14Cl2N2O2S2. The molecule has 0 aliphatic rings. The minimum absolute atomic E-state index is 0.0523. The minimum atomic E-state index is -3.67. The summed E-state index contributed by atoms with van der Waals surface area (Å²) in [4.78, 5) is 0.0523. The second kappa shape index (κ2) is 6.54. The number of halogens is 2. The second-order valence-electron chi connectivity index (χ2n) is 4.36.